The lowest BCUT2D eigenvalue weighted by Gasteiger charge is -2.39. The number of benzene rings is 1. The third-order valence-corrected chi connectivity index (χ3v) is 4.79. The number of rotatable bonds is 8. The zero-order chi connectivity index (χ0) is 25.6. The maximum atomic E-state index is 13.6. The van der Waals surface area contributed by atoms with Gasteiger partial charge < -0.3 is 0 Å². The molecule has 182 valence electrons. The molecule has 18 heteroatoms. The summed E-state index contributed by atoms with van der Waals surface area (Å²) < 4.78 is 180. The Labute approximate surface area is 170 Å². The van der Waals surface area contributed by atoms with E-state index in [1.54, 1.807) is 0 Å². The van der Waals surface area contributed by atoms with Crippen molar-refractivity contribution < 1.29 is 66.2 Å². The average molecular weight is 515 g/mol. The van der Waals surface area contributed by atoms with Crippen LogP contribution in [0.25, 0.3) is 6.08 Å². The molecule has 1 unspecified atom stereocenters. The first kappa shape index (κ1) is 27.6. The third kappa shape index (κ3) is 4.27. The molecule has 1 aromatic carbocycles. The predicted molar refractivity (Wildman–Crippen MR) is 81.1 cm³/mol. The largest absolute Gasteiger partial charge is 0.460 e. The van der Waals surface area contributed by atoms with Gasteiger partial charge in [0, 0.05) is 17.5 Å². The molecule has 0 spiro atoms. The number of nitrogens with zero attached hydrogens (tertiary/aromatic N) is 1. The Kier molecular flexibility index (Phi) is 7.07. The van der Waals surface area contributed by atoms with Gasteiger partial charge in [-0.05, 0) is 23.8 Å². The summed E-state index contributed by atoms with van der Waals surface area (Å²) in [4.78, 5) is 9.50. The second-order valence-electron chi connectivity index (χ2n) is 5.76. The van der Waals surface area contributed by atoms with Crippen LogP contribution in [0.15, 0.2) is 29.7 Å². The third-order valence-electron chi connectivity index (χ3n) is 3.65. The van der Waals surface area contributed by atoms with Crippen molar-refractivity contribution in [1.82, 2.24) is 0 Å². The number of hydrogen-bond donors (Lipinski definition) is 0. The molecule has 1 rings (SSSR count). The Balaban J connectivity index is 3.34. The molecular weight excluding hydrogens is 509 g/mol. The van der Waals surface area contributed by atoms with E-state index in [0.29, 0.717) is 0 Å². The molecule has 0 bridgehead atoms. The van der Waals surface area contributed by atoms with Crippen molar-refractivity contribution in [2.75, 3.05) is 0 Å². The summed E-state index contributed by atoms with van der Waals surface area (Å²) in [6, 6.07) is 2.97. The van der Waals surface area contributed by atoms with E-state index in [2.05, 4.69) is 0 Å². The fraction of sp³-hybridized carbons (Fsp3) is 0.429. The predicted octanol–water partition coefficient (Wildman–Crippen LogP) is 6.01. The van der Waals surface area contributed by atoms with Crippen molar-refractivity contribution >= 4 is 22.6 Å². The van der Waals surface area contributed by atoms with E-state index in [1.807, 2.05) is 0 Å². The number of hydrogen-bond acceptors (Lipinski definition) is 3. The second-order valence-corrected chi connectivity index (χ2v) is 7.14. The Morgan fingerprint density at radius 1 is 0.719 bits per heavy atom. The van der Waals surface area contributed by atoms with Crippen molar-refractivity contribution in [3.8, 4) is 0 Å². The minimum atomic E-state index is -8.09. The van der Waals surface area contributed by atoms with Gasteiger partial charge in [0.25, 0.3) is 5.69 Å². The van der Waals surface area contributed by atoms with Gasteiger partial charge in [-0.1, -0.05) is 0 Å². The highest BCUT2D eigenvalue weighted by Crippen LogP contribution is 2.60. The maximum absolute atomic E-state index is 13.6. The first-order valence-corrected chi connectivity index (χ1v) is 8.56. The van der Waals surface area contributed by atoms with Crippen LogP contribution in [0.1, 0.15) is 5.56 Å². The molecule has 0 aromatic heterocycles. The van der Waals surface area contributed by atoms with E-state index >= 15 is 0 Å². The van der Waals surface area contributed by atoms with E-state index in [9.17, 15) is 71.4 Å². The minimum Gasteiger partial charge on any atom is -0.258 e. The maximum Gasteiger partial charge on any atom is 0.460 e. The highest BCUT2D eigenvalue weighted by molar-refractivity contribution is 7.89. The summed E-state index contributed by atoms with van der Waals surface area (Å²) in [5.41, 5.74) is -0.948. The Morgan fingerprint density at radius 3 is 1.50 bits per heavy atom. The van der Waals surface area contributed by atoms with Gasteiger partial charge in [0.15, 0.2) is 0 Å². The second kappa shape index (κ2) is 8.18. The van der Waals surface area contributed by atoms with Gasteiger partial charge in [-0.15, -0.1) is 0 Å². The molecule has 0 N–H and O–H groups in total. The van der Waals surface area contributed by atoms with Gasteiger partial charge in [-0.2, -0.15) is 57.1 Å². The molecule has 0 amide bonds. The number of alkyl halides is 13. The van der Waals surface area contributed by atoms with Crippen LogP contribution in [0.3, 0.4) is 0 Å². The minimum absolute atomic E-state index is 0.227. The molecule has 4 nitrogen and oxygen atoms in total. The highest BCUT2D eigenvalue weighted by Gasteiger charge is 2.91. The number of non-ortho nitro benzene ring substituents is 1. The fourth-order valence-electron chi connectivity index (χ4n) is 1.81. The zero-order valence-corrected chi connectivity index (χ0v) is 15.3. The van der Waals surface area contributed by atoms with Crippen LogP contribution in [0.5, 0.6) is 0 Å². The van der Waals surface area contributed by atoms with Gasteiger partial charge in [0.1, 0.15) is 10.8 Å². The molecule has 1 atom stereocenters. The van der Waals surface area contributed by atoms with Crippen molar-refractivity contribution in [3.05, 3.63) is 45.4 Å². The van der Waals surface area contributed by atoms with Crippen LogP contribution in [0, 0.1) is 10.1 Å². The monoisotopic (exact) mass is 515 g/mol. The smallest absolute Gasteiger partial charge is 0.258 e. The quantitative estimate of drug-likeness (QED) is 0.242. The molecule has 1 aromatic rings. The van der Waals surface area contributed by atoms with Gasteiger partial charge in [-0.3, -0.25) is 10.1 Å². The topological polar surface area (TPSA) is 60.2 Å². The lowest BCUT2D eigenvalue weighted by atomic mass is 9.98. The summed E-state index contributed by atoms with van der Waals surface area (Å²) in [6.45, 7) is 0. The molecule has 0 aliphatic rings. The Morgan fingerprint density at radius 2 is 1.12 bits per heavy atom. The molecule has 0 saturated heterocycles. The van der Waals surface area contributed by atoms with E-state index in [0.717, 1.165) is 24.3 Å². The lowest BCUT2D eigenvalue weighted by molar-refractivity contribution is -0.433. The molecule has 0 saturated carbocycles. The first-order valence-electron chi connectivity index (χ1n) is 7.35. The number of nitro groups is 1. The lowest BCUT2D eigenvalue weighted by Crippen LogP contribution is -2.70. The molecule has 32 heavy (non-hydrogen) atoms. The fourth-order valence-corrected chi connectivity index (χ4v) is 2.65. The van der Waals surface area contributed by atoms with E-state index < -0.39 is 61.9 Å². The van der Waals surface area contributed by atoms with Crippen LogP contribution < -0.4 is 0 Å². The number of halogens is 13. The SMILES string of the molecule is O=[N+]([O-])c1ccc(/C=C/S(=O)C(F)(F)C(F)(F)C(F)(F)C(F)(F)C(F)(F)C(F)(F)F)cc1. The first-order chi connectivity index (χ1) is 14.1. The molecule has 0 aliphatic carbocycles. The van der Waals surface area contributed by atoms with Crippen molar-refractivity contribution in [3.63, 3.8) is 0 Å². The summed E-state index contributed by atoms with van der Waals surface area (Å²) in [7, 11) is -4.68. The molecule has 0 heterocycles. The van der Waals surface area contributed by atoms with Crippen LogP contribution in [0.4, 0.5) is 62.8 Å². The summed E-state index contributed by atoms with van der Waals surface area (Å²) in [5.74, 6) is -31.7. The number of nitro benzene ring substituents is 1. The Bertz CT molecular complexity index is 909. The van der Waals surface area contributed by atoms with Crippen molar-refractivity contribution in [1.29, 1.82) is 0 Å². The Hall–Kier alpha value is -2.40. The molecule has 0 fully saturated rings. The van der Waals surface area contributed by atoms with E-state index in [4.69, 9.17) is 0 Å². The van der Waals surface area contributed by atoms with Crippen LogP contribution in [0.2, 0.25) is 0 Å². The average Bonchev–Trinajstić information content (AvgIpc) is 2.64. The molecule has 0 aliphatic heterocycles. The van der Waals surface area contributed by atoms with Crippen molar-refractivity contribution in [2.45, 2.75) is 35.1 Å². The highest BCUT2D eigenvalue weighted by atomic mass is 32.2. The molecule has 0 radical (unpaired) electrons. The summed E-state index contributed by atoms with van der Waals surface area (Å²) in [5, 5.41) is 3.17. The van der Waals surface area contributed by atoms with Crippen LogP contribution in [-0.2, 0) is 10.8 Å². The van der Waals surface area contributed by atoms with Crippen LogP contribution in [-0.4, -0.2) is 44.3 Å². The summed E-state index contributed by atoms with van der Waals surface area (Å²) in [6.07, 6.45) is -7.31. The van der Waals surface area contributed by atoms with Gasteiger partial charge >= 0.3 is 35.1 Å². The normalized spacial score (nSPS) is 15.8. The molecular formula is C14H6F13NO3S. The van der Waals surface area contributed by atoms with E-state index in [-0.39, 0.29) is 11.6 Å². The van der Waals surface area contributed by atoms with Gasteiger partial charge in [0.2, 0.25) is 0 Å². The summed E-state index contributed by atoms with van der Waals surface area (Å²) >= 11 is 0. The zero-order valence-electron chi connectivity index (χ0n) is 14.5. The van der Waals surface area contributed by atoms with Crippen LogP contribution >= 0.6 is 0 Å². The van der Waals surface area contributed by atoms with Crippen molar-refractivity contribution in [2.24, 2.45) is 0 Å². The standard InChI is InChI=1S/C14H6F13NO3S/c15-9(16,11(19,20)13(23,24)25)10(17,18)12(21,22)14(26,27)32(31)6-5-7-1-3-8(4-2-7)28(29)30/h1-6H/b6-5+. The van der Waals surface area contributed by atoms with Gasteiger partial charge in [-0.25, -0.2) is 4.21 Å². The van der Waals surface area contributed by atoms with Gasteiger partial charge in [0.05, 0.1) is 4.92 Å². The van der Waals surface area contributed by atoms with E-state index in [1.165, 1.54) is 0 Å².